The number of thioether (sulfide) groups is 2. The second kappa shape index (κ2) is 8.40. The van der Waals surface area contributed by atoms with E-state index in [1.807, 2.05) is 5.40 Å². The molecule has 0 aliphatic heterocycles. The fourth-order valence-electron chi connectivity index (χ4n) is 1.20. The van der Waals surface area contributed by atoms with Crippen LogP contribution < -0.4 is 4.74 Å². The van der Waals surface area contributed by atoms with E-state index >= 15 is 0 Å². The number of methoxy groups -OCH3 is 1. The van der Waals surface area contributed by atoms with Gasteiger partial charge in [-0.05, 0) is 30.3 Å². The van der Waals surface area contributed by atoms with Gasteiger partial charge in [0.15, 0.2) is 5.78 Å². The molecule has 19 heavy (non-hydrogen) atoms. The van der Waals surface area contributed by atoms with E-state index in [-0.39, 0.29) is 10.2 Å². The highest BCUT2D eigenvalue weighted by atomic mass is 32.2. The van der Waals surface area contributed by atoms with Crippen molar-refractivity contribution < 1.29 is 9.53 Å². The predicted octanol–water partition coefficient (Wildman–Crippen LogP) is 3.32. The minimum absolute atomic E-state index is 0.0947. The molecule has 0 radical (unpaired) electrons. The molecule has 0 heterocycles. The fourth-order valence-corrected chi connectivity index (χ4v) is 2.18. The Hall–Kier alpha value is -1.71. The molecule has 1 aromatic carbocycles. The fraction of sp³-hybridized carbons (Fsp3) is 0.154. The van der Waals surface area contributed by atoms with Crippen LogP contribution in [0, 0.1) is 16.1 Å². The number of ketones is 1. The summed E-state index contributed by atoms with van der Waals surface area (Å²) in [5.41, 5.74) is 0.587. The summed E-state index contributed by atoms with van der Waals surface area (Å²) in [6, 6.07) is 6.86. The largest absolute Gasteiger partial charge is 0.497 e. The molecule has 1 rings (SSSR count). The van der Waals surface area contributed by atoms with Crippen LogP contribution in [0.2, 0.25) is 0 Å². The molecule has 0 unspecified atom stereocenters. The number of rotatable bonds is 5. The minimum Gasteiger partial charge on any atom is -0.497 e. The second-order valence-corrected chi connectivity index (χ2v) is 5.37. The van der Waals surface area contributed by atoms with Gasteiger partial charge in [-0.3, -0.25) is 10.2 Å². The third-order valence-corrected chi connectivity index (χ3v) is 3.59. The molecule has 0 aromatic heterocycles. The number of benzene rings is 1. The van der Waals surface area contributed by atoms with Crippen LogP contribution in [0.5, 0.6) is 5.75 Å². The first-order valence-corrected chi connectivity index (χ1v) is 7.09. The Balaban J connectivity index is 2.45. The summed E-state index contributed by atoms with van der Waals surface area (Å²) < 4.78 is 5.24. The van der Waals surface area contributed by atoms with Gasteiger partial charge in [-0.2, -0.15) is 5.26 Å². The van der Waals surface area contributed by atoms with Crippen LogP contribution in [0.25, 0.3) is 0 Å². The number of allylic oxidation sites excluding steroid dienone is 1. The quantitative estimate of drug-likeness (QED) is 0.296. The number of ether oxygens (including phenoxy) is 1. The Morgan fingerprint density at radius 2 is 2.16 bits per heavy atom. The molecule has 4 nitrogen and oxygen atoms in total. The molecule has 0 aliphatic rings. The second-order valence-electron chi connectivity index (χ2n) is 3.29. The van der Waals surface area contributed by atoms with Gasteiger partial charge >= 0.3 is 0 Å². The van der Waals surface area contributed by atoms with E-state index in [0.29, 0.717) is 17.1 Å². The molecule has 0 amide bonds. The number of nitriles is 1. The van der Waals surface area contributed by atoms with E-state index in [9.17, 15) is 4.79 Å². The van der Waals surface area contributed by atoms with Crippen LogP contribution in [-0.4, -0.2) is 23.0 Å². The maximum atomic E-state index is 11.8. The maximum absolute atomic E-state index is 11.8. The van der Waals surface area contributed by atoms with Crippen molar-refractivity contribution in [2.45, 2.75) is 0 Å². The van der Waals surface area contributed by atoms with Crippen molar-refractivity contribution in [3.8, 4) is 11.2 Å². The van der Waals surface area contributed by atoms with E-state index in [2.05, 4.69) is 0 Å². The highest BCUT2D eigenvalue weighted by Crippen LogP contribution is 2.14. The zero-order valence-electron chi connectivity index (χ0n) is 10.3. The van der Waals surface area contributed by atoms with Crippen molar-refractivity contribution in [2.75, 3.05) is 12.9 Å². The molecule has 6 heteroatoms. The number of carbonyl (C=O) groups is 1. The summed E-state index contributed by atoms with van der Waals surface area (Å²) in [5, 5.41) is 17.5. The van der Waals surface area contributed by atoms with Gasteiger partial charge in [0.25, 0.3) is 0 Å². The first-order chi connectivity index (χ1) is 9.17. The predicted molar refractivity (Wildman–Crippen MR) is 79.9 cm³/mol. The van der Waals surface area contributed by atoms with Gasteiger partial charge < -0.3 is 4.74 Å². The molecule has 0 fully saturated rings. The highest BCUT2D eigenvalue weighted by molar-refractivity contribution is 8.40. The third-order valence-electron chi connectivity index (χ3n) is 2.09. The molecule has 0 atom stereocenters. The van der Waals surface area contributed by atoms with Crippen molar-refractivity contribution in [2.24, 2.45) is 0 Å². The Morgan fingerprint density at radius 1 is 1.47 bits per heavy atom. The molecule has 1 N–H and O–H groups in total. The number of carbonyl (C=O) groups excluding carboxylic acids is 1. The maximum Gasteiger partial charge on any atom is 0.185 e. The summed E-state index contributed by atoms with van der Waals surface area (Å²) in [6.45, 7) is 0. The lowest BCUT2D eigenvalue weighted by atomic mass is 10.1. The lowest BCUT2D eigenvalue weighted by Gasteiger charge is -2.00. The Morgan fingerprint density at radius 3 is 2.74 bits per heavy atom. The van der Waals surface area contributed by atoms with Gasteiger partial charge in [-0.1, -0.05) is 17.8 Å². The van der Waals surface area contributed by atoms with Gasteiger partial charge in [0.05, 0.1) is 7.11 Å². The molecule has 0 spiro atoms. The Bertz CT molecular complexity index is 518. The number of nitrogens with zero attached hydrogens (tertiary/aromatic N) is 1. The third kappa shape index (κ3) is 5.64. The van der Waals surface area contributed by atoms with E-state index in [4.69, 9.17) is 15.4 Å². The van der Waals surface area contributed by atoms with E-state index < -0.39 is 0 Å². The van der Waals surface area contributed by atoms with Crippen molar-refractivity contribution in [1.82, 2.24) is 0 Å². The van der Waals surface area contributed by atoms with E-state index in [1.165, 1.54) is 17.8 Å². The first-order valence-electron chi connectivity index (χ1n) is 5.29. The summed E-state index contributed by atoms with van der Waals surface area (Å²) in [7, 11) is 1.57. The average molecular weight is 292 g/mol. The minimum atomic E-state index is -0.0947. The Labute approximate surface area is 120 Å². The van der Waals surface area contributed by atoms with Gasteiger partial charge in [-0.25, -0.2) is 0 Å². The van der Waals surface area contributed by atoms with E-state index in [0.717, 1.165) is 11.8 Å². The van der Waals surface area contributed by atoms with Crippen molar-refractivity contribution in [1.29, 1.82) is 10.7 Å². The molecular weight excluding hydrogens is 280 g/mol. The van der Waals surface area contributed by atoms with Gasteiger partial charge in [0.2, 0.25) is 0 Å². The summed E-state index contributed by atoms with van der Waals surface area (Å²) in [6.07, 6.45) is 3.16. The van der Waals surface area contributed by atoms with Gasteiger partial charge in [0, 0.05) is 23.1 Å². The zero-order valence-corrected chi connectivity index (χ0v) is 11.9. The van der Waals surface area contributed by atoms with Crippen LogP contribution in [0.4, 0.5) is 0 Å². The first kappa shape index (κ1) is 15.3. The summed E-state index contributed by atoms with van der Waals surface area (Å²) in [5.74, 6) is 1.11. The number of hydrogen-bond donors (Lipinski definition) is 1. The van der Waals surface area contributed by atoms with Crippen LogP contribution in [0.1, 0.15) is 10.4 Å². The van der Waals surface area contributed by atoms with Crippen molar-refractivity contribution in [3.05, 3.63) is 42.0 Å². The highest BCUT2D eigenvalue weighted by Gasteiger charge is 2.01. The molecular formula is C13H12N2O2S2. The Kier molecular flexibility index (Phi) is 6.79. The molecule has 0 saturated heterocycles. The lowest BCUT2D eigenvalue weighted by molar-refractivity contribution is 0.104. The molecule has 1 aromatic rings. The topological polar surface area (TPSA) is 73.9 Å². The summed E-state index contributed by atoms with van der Waals surface area (Å²) >= 11 is 2.02. The van der Waals surface area contributed by atoms with Crippen molar-refractivity contribution >= 4 is 33.7 Å². The summed E-state index contributed by atoms with van der Waals surface area (Å²) in [4.78, 5) is 11.8. The lowest BCUT2D eigenvalue weighted by Crippen LogP contribution is -1.94. The van der Waals surface area contributed by atoms with Crippen LogP contribution >= 0.6 is 23.5 Å². The van der Waals surface area contributed by atoms with E-state index in [1.54, 1.807) is 37.5 Å². The van der Waals surface area contributed by atoms with Crippen LogP contribution in [0.15, 0.2) is 36.4 Å². The SMILES string of the molecule is COc1ccc(C(=O)/C=C/CSC(=N)SC#N)cc1. The monoisotopic (exact) mass is 292 g/mol. The smallest absolute Gasteiger partial charge is 0.185 e. The molecule has 98 valence electrons. The number of thiocyanates is 1. The number of nitrogens with one attached hydrogen (secondary N) is 1. The van der Waals surface area contributed by atoms with Gasteiger partial charge in [0.1, 0.15) is 15.5 Å². The van der Waals surface area contributed by atoms with Crippen LogP contribution in [0.3, 0.4) is 0 Å². The normalized spacial score (nSPS) is 10.1. The standard InChI is InChI=1S/C13H12N2O2S2/c1-17-11-6-4-10(5-7-11)12(16)3-2-8-18-13(15)19-9-14/h2-7,15H,8H2,1H3/b3-2+,15-13?. The van der Waals surface area contributed by atoms with Gasteiger partial charge in [-0.15, -0.1) is 0 Å². The van der Waals surface area contributed by atoms with Crippen LogP contribution in [-0.2, 0) is 0 Å². The number of hydrogen-bond acceptors (Lipinski definition) is 6. The zero-order chi connectivity index (χ0) is 14.1. The molecule has 0 bridgehead atoms. The molecule has 0 saturated carbocycles. The molecule has 0 aliphatic carbocycles. The van der Waals surface area contributed by atoms with Crippen molar-refractivity contribution in [3.63, 3.8) is 0 Å². The average Bonchev–Trinajstić information content (AvgIpc) is 2.44.